The second-order valence-electron chi connectivity index (χ2n) is 6.02. The monoisotopic (exact) mass is 287 g/mol. The number of hydrogen-bond donors (Lipinski definition) is 1. The number of benzene rings is 1. The van der Waals surface area contributed by atoms with Gasteiger partial charge in [-0.2, -0.15) is 5.10 Å². The molecule has 0 radical (unpaired) electrons. The van der Waals surface area contributed by atoms with Gasteiger partial charge in [0.15, 0.2) is 5.69 Å². The quantitative estimate of drug-likeness (QED) is 0.944. The lowest BCUT2D eigenvalue weighted by Crippen LogP contribution is -2.40. The molecule has 5 heteroatoms. The number of aryl methyl sites for hydroxylation is 1. The number of nitrogens with one attached hydrogen (secondary N) is 1. The van der Waals surface area contributed by atoms with Crippen molar-refractivity contribution in [3.8, 4) is 11.4 Å². The summed E-state index contributed by atoms with van der Waals surface area (Å²) in [5, 5.41) is 7.23. The predicted octanol–water partition coefficient (Wildman–Crippen LogP) is 2.72. The molecule has 2 aromatic rings. The highest BCUT2D eigenvalue weighted by molar-refractivity contribution is 5.92. The van der Waals surface area contributed by atoms with Crippen LogP contribution in [0, 0.1) is 6.92 Å². The summed E-state index contributed by atoms with van der Waals surface area (Å²) in [6, 6.07) is 7.53. The molecule has 5 nitrogen and oxygen atoms in total. The standard InChI is InChI=1S/C16H21N3O2/c1-11-6-7-14(21-5)13(10-11)19-9-8-12(18-19)15(20)17-16(2,3)4/h6-10H,1-5H3,(H,17,20). The molecule has 0 fully saturated rings. The maximum Gasteiger partial charge on any atom is 0.272 e. The summed E-state index contributed by atoms with van der Waals surface area (Å²) in [6.07, 6.45) is 1.76. The van der Waals surface area contributed by atoms with Gasteiger partial charge >= 0.3 is 0 Å². The van der Waals surface area contributed by atoms with Crippen LogP contribution in [0.3, 0.4) is 0 Å². The smallest absolute Gasteiger partial charge is 0.272 e. The van der Waals surface area contributed by atoms with Crippen molar-refractivity contribution in [3.63, 3.8) is 0 Å². The van der Waals surface area contributed by atoms with Crippen molar-refractivity contribution in [2.45, 2.75) is 33.2 Å². The molecule has 0 aliphatic carbocycles. The van der Waals surface area contributed by atoms with Crippen LogP contribution in [-0.4, -0.2) is 28.3 Å². The average Bonchev–Trinajstić information content (AvgIpc) is 2.86. The fraction of sp³-hybridized carbons (Fsp3) is 0.375. The molecule has 0 aliphatic rings. The van der Waals surface area contributed by atoms with Gasteiger partial charge in [-0.05, 0) is 51.5 Å². The summed E-state index contributed by atoms with van der Waals surface area (Å²) < 4.78 is 7.00. The minimum absolute atomic E-state index is 0.187. The van der Waals surface area contributed by atoms with E-state index in [1.54, 1.807) is 24.1 Å². The normalized spacial score (nSPS) is 11.3. The van der Waals surface area contributed by atoms with E-state index in [9.17, 15) is 4.79 Å². The zero-order chi connectivity index (χ0) is 15.6. The number of carbonyl (C=O) groups excluding carboxylic acids is 1. The van der Waals surface area contributed by atoms with Crippen LogP contribution in [0.2, 0.25) is 0 Å². The van der Waals surface area contributed by atoms with Crippen LogP contribution in [-0.2, 0) is 0 Å². The van der Waals surface area contributed by atoms with Gasteiger partial charge in [0.1, 0.15) is 11.4 Å². The Morgan fingerprint density at radius 1 is 1.29 bits per heavy atom. The average molecular weight is 287 g/mol. The Morgan fingerprint density at radius 3 is 2.62 bits per heavy atom. The van der Waals surface area contributed by atoms with Crippen molar-refractivity contribution in [2.24, 2.45) is 0 Å². The van der Waals surface area contributed by atoms with Crippen molar-refractivity contribution in [1.29, 1.82) is 0 Å². The maximum absolute atomic E-state index is 12.1. The maximum atomic E-state index is 12.1. The van der Waals surface area contributed by atoms with Gasteiger partial charge in [-0.1, -0.05) is 6.07 Å². The number of ether oxygens (including phenoxy) is 1. The van der Waals surface area contributed by atoms with Crippen molar-refractivity contribution in [3.05, 3.63) is 41.7 Å². The van der Waals surface area contributed by atoms with Crippen molar-refractivity contribution in [1.82, 2.24) is 15.1 Å². The molecule has 1 aromatic carbocycles. The Bertz CT molecular complexity index is 654. The van der Waals surface area contributed by atoms with E-state index in [4.69, 9.17) is 4.74 Å². The molecule has 0 unspecified atom stereocenters. The third-order valence-electron chi connectivity index (χ3n) is 2.89. The molecule has 0 bridgehead atoms. The zero-order valence-electron chi connectivity index (χ0n) is 13.1. The van der Waals surface area contributed by atoms with Gasteiger partial charge in [0.25, 0.3) is 5.91 Å². The predicted molar refractivity (Wildman–Crippen MR) is 82.1 cm³/mol. The number of rotatable bonds is 3. The van der Waals surface area contributed by atoms with Crippen LogP contribution in [0.25, 0.3) is 5.69 Å². The third kappa shape index (κ3) is 3.62. The van der Waals surface area contributed by atoms with E-state index >= 15 is 0 Å². The van der Waals surface area contributed by atoms with Gasteiger partial charge < -0.3 is 10.1 Å². The summed E-state index contributed by atoms with van der Waals surface area (Å²) in [6.45, 7) is 7.81. The molecule has 1 heterocycles. The molecular weight excluding hydrogens is 266 g/mol. The van der Waals surface area contributed by atoms with Gasteiger partial charge in [-0.3, -0.25) is 4.79 Å². The van der Waals surface area contributed by atoms with E-state index in [-0.39, 0.29) is 11.4 Å². The largest absolute Gasteiger partial charge is 0.494 e. The second kappa shape index (κ2) is 5.60. The molecule has 1 N–H and O–H groups in total. The van der Waals surface area contributed by atoms with Crippen LogP contribution in [0.1, 0.15) is 36.8 Å². The first-order valence-electron chi connectivity index (χ1n) is 6.83. The van der Waals surface area contributed by atoms with Crippen LogP contribution < -0.4 is 10.1 Å². The van der Waals surface area contributed by atoms with Crippen LogP contribution in [0.15, 0.2) is 30.5 Å². The van der Waals surface area contributed by atoms with Gasteiger partial charge in [0.05, 0.1) is 7.11 Å². The fourth-order valence-corrected chi connectivity index (χ4v) is 1.96. The molecule has 1 amide bonds. The number of nitrogens with zero attached hydrogens (tertiary/aromatic N) is 2. The number of methoxy groups -OCH3 is 1. The summed E-state index contributed by atoms with van der Waals surface area (Å²) >= 11 is 0. The minimum Gasteiger partial charge on any atom is -0.494 e. The van der Waals surface area contributed by atoms with Crippen LogP contribution in [0.5, 0.6) is 5.75 Å². The number of carbonyl (C=O) groups is 1. The van der Waals surface area contributed by atoms with E-state index in [1.165, 1.54) is 0 Å². The topological polar surface area (TPSA) is 56.1 Å². The lowest BCUT2D eigenvalue weighted by molar-refractivity contribution is 0.0914. The number of hydrogen-bond acceptors (Lipinski definition) is 3. The molecule has 0 saturated heterocycles. The Hall–Kier alpha value is -2.30. The van der Waals surface area contributed by atoms with E-state index in [2.05, 4.69) is 10.4 Å². The van der Waals surface area contributed by atoms with E-state index in [0.29, 0.717) is 11.4 Å². The third-order valence-corrected chi connectivity index (χ3v) is 2.89. The first kappa shape index (κ1) is 15.1. The Morgan fingerprint density at radius 2 is 2.00 bits per heavy atom. The first-order chi connectivity index (χ1) is 9.80. The van der Waals surface area contributed by atoms with Crippen LogP contribution >= 0.6 is 0 Å². The van der Waals surface area contributed by atoms with Gasteiger partial charge in [-0.25, -0.2) is 4.68 Å². The fourth-order valence-electron chi connectivity index (χ4n) is 1.96. The minimum atomic E-state index is -0.290. The van der Waals surface area contributed by atoms with Crippen molar-refractivity contribution < 1.29 is 9.53 Å². The Labute approximate surface area is 124 Å². The second-order valence-corrected chi connectivity index (χ2v) is 6.02. The summed E-state index contributed by atoms with van der Waals surface area (Å²) in [4.78, 5) is 12.1. The first-order valence-corrected chi connectivity index (χ1v) is 6.83. The summed E-state index contributed by atoms with van der Waals surface area (Å²) in [5.41, 5.74) is 2.00. The molecule has 0 atom stereocenters. The molecule has 1 aromatic heterocycles. The Balaban J connectivity index is 2.32. The summed E-state index contributed by atoms with van der Waals surface area (Å²) in [7, 11) is 1.62. The molecule has 2 rings (SSSR count). The van der Waals surface area contributed by atoms with Crippen LogP contribution in [0.4, 0.5) is 0 Å². The molecule has 0 saturated carbocycles. The van der Waals surface area contributed by atoms with Crippen molar-refractivity contribution >= 4 is 5.91 Å². The summed E-state index contributed by atoms with van der Waals surface area (Å²) in [5.74, 6) is 0.527. The Kier molecular flexibility index (Phi) is 4.02. The van der Waals surface area contributed by atoms with Gasteiger partial charge in [0.2, 0.25) is 0 Å². The molecule has 112 valence electrons. The molecular formula is C16H21N3O2. The van der Waals surface area contributed by atoms with E-state index in [0.717, 1.165) is 11.3 Å². The van der Waals surface area contributed by atoms with Crippen molar-refractivity contribution in [2.75, 3.05) is 7.11 Å². The van der Waals surface area contributed by atoms with Gasteiger partial charge in [0, 0.05) is 11.7 Å². The molecule has 0 aliphatic heterocycles. The highest BCUT2D eigenvalue weighted by Crippen LogP contribution is 2.23. The number of aromatic nitrogens is 2. The van der Waals surface area contributed by atoms with E-state index < -0.39 is 0 Å². The highest BCUT2D eigenvalue weighted by atomic mass is 16.5. The zero-order valence-corrected chi connectivity index (χ0v) is 13.1. The van der Waals surface area contributed by atoms with E-state index in [1.807, 2.05) is 45.9 Å². The van der Waals surface area contributed by atoms with Gasteiger partial charge in [-0.15, -0.1) is 0 Å². The number of amides is 1. The lowest BCUT2D eigenvalue weighted by atomic mass is 10.1. The SMILES string of the molecule is COc1ccc(C)cc1-n1ccc(C(=O)NC(C)(C)C)n1. The lowest BCUT2D eigenvalue weighted by Gasteiger charge is -2.19. The molecule has 0 spiro atoms. The molecule has 21 heavy (non-hydrogen) atoms. The highest BCUT2D eigenvalue weighted by Gasteiger charge is 2.18.